The molecular weight excluding hydrogens is 234 g/mol. The van der Waals surface area contributed by atoms with Crippen LogP contribution in [0.15, 0.2) is 30.6 Å². The van der Waals surface area contributed by atoms with Crippen LogP contribution < -0.4 is 5.32 Å². The minimum Gasteiger partial charge on any atom is -0.308 e. The second-order valence-electron chi connectivity index (χ2n) is 6.20. The van der Waals surface area contributed by atoms with E-state index in [9.17, 15) is 0 Å². The van der Waals surface area contributed by atoms with E-state index in [0.29, 0.717) is 0 Å². The van der Waals surface area contributed by atoms with Crippen LogP contribution in [0.2, 0.25) is 0 Å². The zero-order valence-corrected chi connectivity index (χ0v) is 12.5. The normalized spacial score (nSPS) is 11.8. The molecule has 102 valence electrons. The van der Waals surface area contributed by atoms with Gasteiger partial charge in [-0.3, -0.25) is 0 Å². The van der Waals surface area contributed by atoms with Crippen LogP contribution in [0.4, 0.5) is 0 Å². The molecule has 0 spiro atoms. The van der Waals surface area contributed by atoms with Crippen LogP contribution in [0.3, 0.4) is 0 Å². The van der Waals surface area contributed by atoms with Crippen LogP contribution >= 0.6 is 0 Å². The molecule has 0 aliphatic heterocycles. The van der Waals surface area contributed by atoms with Gasteiger partial charge in [0.1, 0.15) is 0 Å². The highest BCUT2D eigenvalue weighted by Gasteiger charge is 2.11. The molecule has 0 amide bonds. The molecule has 3 heteroatoms. The Morgan fingerprint density at radius 2 is 1.89 bits per heavy atom. The zero-order valence-electron chi connectivity index (χ0n) is 12.5. The van der Waals surface area contributed by atoms with Crippen LogP contribution in [0.5, 0.6) is 0 Å². The molecule has 0 saturated heterocycles. The van der Waals surface area contributed by atoms with Crippen molar-refractivity contribution in [3.05, 3.63) is 47.3 Å². The summed E-state index contributed by atoms with van der Waals surface area (Å²) in [5, 5.41) is 7.95. The lowest BCUT2D eigenvalue weighted by Gasteiger charge is -2.22. The quantitative estimate of drug-likeness (QED) is 0.913. The minimum absolute atomic E-state index is 0.112. The van der Waals surface area contributed by atoms with E-state index in [4.69, 9.17) is 0 Å². The third-order valence-corrected chi connectivity index (χ3v) is 3.00. The summed E-state index contributed by atoms with van der Waals surface area (Å²) in [4.78, 5) is 0. The molecule has 19 heavy (non-hydrogen) atoms. The molecule has 1 aromatic heterocycles. The fourth-order valence-corrected chi connectivity index (χ4v) is 1.98. The Balaban J connectivity index is 2.33. The summed E-state index contributed by atoms with van der Waals surface area (Å²) in [5.74, 6) is 0. The van der Waals surface area contributed by atoms with Crippen molar-refractivity contribution in [2.24, 2.45) is 0 Å². The van der Waals surface area contributed by atoms with Crippen molar-refractivity contribution < 1.29 is 0 Å². The molecule has 0 atom stereocenters. The number of aromatic nitrogens is 2. The first kappa shape index (κ1) is 13.8. The van der Waals surface area contributed by atoms with Crippen molar-refractivity contribution in [1.82, 2.24) is 15.1 Å². The summed E-state index contributed by atoms with van der Waals surface area (Å²) in [6.45, 7) is 11.6. The lowest BCUT2D eigenvalue weighted by molar-refractivity contribution is 0.423. The average Bonchev–Trinajstić information content (AvgIpc) is 2.72. The molecular formula is C16H23N3. The molecule has 0 radical (unpaired) electrons. The average molecular weight is 257 g/mol. The maximum atomic E-state index is 4.41. The second kappa shape index (κ2) is 5.17. The topological polar surface area (TPSA) is 29.9 Å². The molecule has 3 nitrogen and oxygen atoms in total. The Labute approximate surface area is 115 Å². The molecule has 0 unspecified atom stereocenters. The SMILES string of the molecule is Cc1ccc(-n2cc(C)cn2)c(CNC(C)(C)C)c1. The highest BCUT2D eigenvalue weighted by molar-refractivity contribution is 5.43. The second-order valence-corrected chi connectivity index (χ2v) is 6.20. The van der Waals surface area contributed by atoms with Crippen LogP contribution in [-0.4, -0.2) is 15.3 Å². The van der Waals surface area contributed by atoms with Gasteiger partial charge in [0.25, 0.3) is 0 Å². The minimum atomic E-state index is 0.112. The van der Waals surface area contributed by atoms with E-state index in [-0.39, 0.29) is 5.54 Å². The summed E-state index contributed by atoms with van der Waals surface area (Å²) in [7, 11) is 0. The molecule has 2 rings (SSSR count). The van der Waals surface area contributed by atoms with Crippen molar-refractivity contribution in [1.29, 1.82) is 0 Å². The van der Waals surface area contributed by atoms with Crippen LogP contribution in [0.25, 0.3) is 5.69 Å². The van der Waals surface area contributed by atoms with Crippen molar-refractivity contribution in [3.63, 3.8) is 0 Å². The van der Waals surface area contributed by atoms with Crippen molar-refractivity contribution in [2.75, 3.05) is 0 Å². The first-order valence-electron chi connectivity index (χ1n) is 6.71. The number of benzene rings is 1. The third kappa shape index (κ3) is 3.67. The molecule has 1 aromatic carbocycles. The van der Waals surface area contributed by atoms with Gasteiger partial charge in [-0.2, -0.15) is 5.10 Å². The van der Waals surface area contributed by atoms with Gasteiger partial charge >= 0.3 is 0 Å². The number of rotatable bonds is 3. The fourth-order valence-electron chi connectivity index (χ4n) is 1.98. The van der Waals surface area contributed by atoms with Gasteiger partial charge in [-0.05, 0) is 51.8 Å². The molecule has 0 aliphatic carbocycles. The predicted octanol–water partition coefficient (Wildman–Crippen LogP) is 3.38. The van der Waals surface area contributed by atoms with Gasteiger partial charge in [-0.25, -0.2) is 4.68 Å². The van der Waals surface area contributed by atoms with Crippen molar-refractivity contribution in [2.45, 2.75) is 46.7 Å². The lowest BCUT2D eigenvalue weighted by atomic mass is 10.1. The Morgan fingerprint density at radius 3 is 2.47 bits per heavy atom. The Bertz CT molecular complexity index is 562. The van der Waals surface area contributed by atoms with E-state index in [1.165, 1.54) is 16.7 Å². The molecule has 0 bridgehead atoms. The first-order chi connectivity index (χ1) is 8.85. The first-order valence-corrected chi connectivity index (χ1v) is 6.71. The molecule has 0 fully saturated rings. The van der Waals surface area contributed by atoms with Gasteiger partial charge in [0.15, 0.2) is 0 Å². The van der Waals surface area contributed by atoms with Gasteiger partial charge < -0.3 is 5.32 Å². The summed E-state index contributed by atoms with van der Waals surface area (Å²) < 4.78 is 1.95. The van der Waals surface area contributed by atoms with E-state index in [2.05, 4.69) is 69.4 Å². The fraction of sp³-hybridized carbons (Fsp3) is 0.438. The van der Waals surface area contributed by atoms with Gasteiger partial charge in [-0.15, -0.1) is 0 Å². The maximum absolute atomic E-state index is 4.41. The van der Waals surface area contributed by atoms with Gasteiger partial charge in [0, 0.05) is 18.3 Å². The van der Waals surface area contributed by atoms with E-state index < -0.39 is 0 Å². The zero-order chi connectivity index (χ0) is 14.0. The molecule has 1 heterocycles. The summed E-state index contributed by atoms with van der Waals surface area (Å²) in [6.07, 6.45) is 3.95. The smallest absolute Gasteiger partial charge is 0.0690 e. The van der Waals surface area contributed by atoms with Gasteiger partial charge in [-0.1, -0.05) is 17.7 Å². The monoisotopic (exact) mass is 257 g/mol. The highest BCUT2D eigenvalue weighted by Crippen LogP contribution is 2.17. The number of nitrogens with one attached hydrogen (secondary N) is 1. The Morgan fingerprint density at radius 1 is 1.16 bits per heavy atom. The summed E-state index contributed by atoms with van der Waals surface area (Å²) in [6, 6.07) is 6.50. The van der Waals surface area contributed by atoms with Crippen molar-refractivity contribution >= 4 is 0 Å². The van der Waals surface area contributed by atoms with E-state index in [0.717, 1.165) is 12.2 Å². The van der Waals surface area contributed by atoms with E-state index >= 15 is 0 Å². The summed E-state index contributed by atoms with van der Waals surface area (Å²) in [5.41, 5.74) is 4.99. The van der Waals surface area contributed by atoms with Crippen molar-refractivity contribution in [3.8, 4) is 5.69 Å². The standard InChI is InChI=1S/C16H23N3/c1-12-6-7-15(19-11-13(2)9-18-19)14(8-12)10-17-16(3,4)5/h6-9,11,17H,10H2,1-5H3. The predicted molar refractivity (Wildman–Crippen MR) is 79.6 cm³/mol. The number of hydrogen-bond acceptors (Lipinski definition) is 2. The van der Waals surface area contributed by atoms with Crippen LogP contribution in [-0.2, 0) is 6.54 Å². The van der Waals surface area contributed by atoms with Crippen LogP contribution in [0.1, 0.15) is 37.5 Å². The third-order valence-electron chi connectivity index (χ3n) is 3.00. The molecule has 0 saturated carbocycles. The van der Waals surface area contributed by atoms with E-state index in [1.54, 1.807) is 0 Å². The number of nitrogens with zero attached hydrogens (tertiary/aromatic N) is 2. The lowest BCUT2D eigenvalue weighted by Crippen LogP contribution is -2.35. The van der Waals surface area contributed by atoms with Gasteiger partial charge in [0.05, 0.1) is 11.9 Å². The summed E-state index contributed by atoms with van der Waals surface area (Å²) >= 11 is 0. The number of hydrogen-bond donors (Lipinski definition) is 1. The Hall–Kier alpha value is -1.61. The molecule has 0 aliphatic rings. The van der Waals surface area contributed by atoms with Crippen LogP contribution in [0, 0.1) is 13.8 Å². The largest absolute Gasteiger partial charge is 0.308 e. The Kier molecular flexibility index (Phi) is 3.76. The maximum Gasteiger partial charge on any atom is 0.0690 e. The number of aryl methyl sites for hydroxylation is 2. The highest BCUT2D eigenvalue weighted by atomic mass is 15.3. The van der Waals surface area contributed by atoms with E-state index in [1.807, 2.05) is 10.9 Å². The molecule has 1 N–H and O–H groups in total. The molecule has 2 aromatic rings. The van der Waals surface area contributed by atoms with Gasteiger partial charge in [0.2, 0.25) is 0 Å².